The maximum absolute atomic E-state index is 12.9. The number of nitrogens with zero attached hydrogens (tertiary/aromatic N) is 1. The zero-order valence-electron chi connectivity index (χ0n) is 14.4. The molecule has 9 heteroatoms. The SMILES string of the molecule is CNCCNC(=O)c1cccc(S(=O)(=O)N2CCc3sccc3C2)c1.Cl. The average Bonchev–Trinajstić information content (AvgIpc) is 3.09. The van der Waals surface area contributed by atoms with Crippen LogP contribution in [0.15, 0.2) is 40.6 Å². The number of sulfonamides is 1. The van der Waals surface area contributed by atoms with Crippen LogP contribution in [0.2, 0.25) is 0 Å². The minimum Gasteiger partial charge on any atom is -0.351 e. The predicted molar refractivity (Wildman–Crippen MR) is 106 cm³/mol. The van der Waals surface area contributed by atoms with Gasteiger partial charge in [0, 0.05) is 36.6 Å². The molecule has 1 aromatic heterocycles. The van der Waals surface area contributed by atoms with Gasteiger partial charge in [-0.15, -0.1) is 23.7 Å². The minimum absolute atomic E-state index is 0. The molecule has 2 aromatic rings. The smallest absolute Gasteiger partial charge is 0.251 e. The number of amides is 1. The first-order valence-corrected chi connectivity index (χ1v) is 10.4. The summed E-state index contributed by atoms with van der Waals surface area (Å²) in [4.78, 5) is 13.6. The van der Waals surface area contributed by atoms with Crippen molar-refractivity contribution < 1.29 is 13.2 Å². The van der Waals surface area contributed by atoms with Crippen LogP contribution in [0, 0.1) is 0 Å². The van der Waals surface area contributed by atoms with Crippen molar-refractivity contribution in [3.05, 3.63) is 51.7 Å². The van der Waals surface area contributed by atoms with E-state index in [1.807, 2.05) is 11.4 Å². The van der Waals surface area contributed by atoms with Gasteiger partial charge in [0.25, 0.3) is 5.91 Å². The number of carbonyl (C=O) groups is 1. The van der Waals surface area contributed by atoms with Gasteiger partial charge in [0.1, 0.15) is 0 Å². The molecule has 1 aliphatic rings. The fraction of sp³-hybridized carbons (Fsp3) is 0.353. The third kappa shape index (κ3) is 4.44. The molecule has 1 aliphatic heterocycles. The zero-order valence-corrected chi connectivity index (χ0v) is 16.8. The summed E-state index contributed by atoms with van der Waals surface area (Å²) >= 11 is 1.67. The Balaban J connectivity index is 0.00000243. The van der Waals surface area contributed by atoms with E-state index in [0.717, 1.165) is 12.0 Å². The molecule has 0 aliphatic carbocycles. The molecular weight excluding hydrogens is 394 g/mol. The van der Waals surface area contributed by atoms with E-state index in [2.05, 4.69) is 10.6 Å². The average molecular weight is 416 g/mol. The quantitative estimate of drug-likeness (QED) is 0.706. The van der Waals surface area contributed by atoms with Gasteiger partial charge in [-0.3, -0.25) is 4.79 Å². The van der Waals surface area contributed by atoms with Gasteiger partial charge in [-0.1, -0.05) is 6.07 Å². The molecule has 3 rings (SSSR count). The monoisotopic (exact) mass is 415 g/mol. The predicted octanol–water partition coefficient (Wildman–Crippen LogP) is 1.87. The Morgan fingerprint density at radius 2 is 2.08 bits per heavy atom. The summed E-state index contributed by atoms with van der Waals surface area (Å²) < 4.78 is 27.4. The van der Waals surface area contributed by atoms with E-state index in [1.54, 1.807) is 36.6 Å². The maximum Gasteiger partial charge on any atom is 0.251 e. The lowest BCUT2D eigenvalue weighted by Gasteiger charge is -2.26. The molecule has 6 nitrogen and oxygen atoms in total. The molecule has 0 bridgehead atoms. The molecule has 1 aromatic carbocycles. The van der Waals surface area contributed by atoms with E-state index < -0.39 is 10.0 Å². The standard InChI is InChI=1S/C17H21N3O3S2.ClH/c1-18-7-8-19-17(21)13-3-2-4-15(11-13)25(22,23)20-9-5-16-14(12-20)6-10-24-16;/h2-4,6,10-11,18H,5,7-9,12H2,1H3,(H,19,21);1H. The first kappa shape index (κ1) is 20.9. The molecule has 0 radical (unpaired) electrons. The van der Waals surface area contributed by atoms with Crippen molar-refractivity contribution in [3.8, 4) is 0 Å². The van der Waals surface area contributed by atoms with Crippen molar-refractivity contribution in [2.75, 3.05) is 26.7 Å². The van der Waals surface area contributed by atoms with Crippen LogP contribution in [0.25, 0.3) is 0 Å². The van der Waals surface area contributed by atoms with E-state index >= 15 is 0 Å². The zero-order chi connectivity index (χ0) is 17.9. The van der Waals surface area contributed by atoms with Crippen LogP contribution in [0.1, 0.15) is 20.8 Å². The number of hydrogen-bond donors (Lipinski definition) is 2. The molecule has 142 valence electrons. The molecule has 2 heterocycles. The number of halogens is 1. The molecule has 0 unspecified atom stereocenters. The first-order valence-electron chi connectivity index (χ1n) is 8.10. The van der Waals surface area contributed by atoms with Gasteiger partial charge in [0.15, 0.2) is 0 Å². The third-order valence-corrected chi connectivity index (χ3v) is 7.03. The van der Waals surface area contributed by atoms with Crippen molar-refractivity contribution in [3.63, 3.8) is 0 Å². The minimum atomic E-state index is -3.62. The molecule has 0 saturated heterocycles. The number of fused-ring (bicyclic) bond motifs is 1. The number of hydrogen-bond acceptors (Lipinski definition) is 5. The normalized spacial score (nSPS) is 14.3. The number of benzene rings is 1. The van der Waals surface area contributed by atoms with Crippen LogP contribution in [-0.4, -0.2) is 45.3 Å². The number of nitrogens with one attached hydrogen (secondary N) is 2. The summed E-state index contributed by atoms with van der Waals surface area (Å²) in [6, 6.07) is 8.21. The molecular formula is C17H22ClN3O3S2. The number of likely N-dealkylation sites (N-methyl/N-ethyl adjacent to an activating group) is 1. The molecule has 1 amide bonds. The summed E-state index contributed by atoms with van der Waals surface area (Å²) in [5.74, 6) is -0.272. The summed E-state index contributed by atoms with van der Waals surface area (Å²) in [5.41, 5.74) is 1.42. The fourth-order valence-electron chi connectivity index (χ4n) is 2.78. The van der Waals surface area contributed by atoms with Gasteiger partial charge >= 0.3 is 0 Å². The summed E-state index contributed by atoms with van der Waals surface area (Å²) in [5, 5.41) is 7.70. The summed E-state index contributed by atoms with van der Waals surface area (Å²) in [6.07, 6.45) is 0.733. The number of thiophene rings is 1. The Kier molecular flexibility index (Phi) is 7.19. The van der Waals surface area contributed by atoms with Gasteiger partial charge in [-0.05, 0) is 48.7 Å². The number of carbonyl (C=O) groups excluding carboxylic acids is 1. The largest absolute Gasteiger partial charge is 0.351 e. The second kappa shape index (κ2) is 8.96. The van der Waals surface area contributed by atoms with Crippen molar-refractivity contribution in [2.45, 2.75) is 17.9 Å². The third-order valence-electron chi connectivity index (χ3n) is 4.17. The lowest BCUT2D eigenvalue weighted by atomic mass is 10.1. The fourth-order valence-corrected chi connectivity index (χ4v) is 5.13. The van der Waals surface area contributed by atoms with Gasteiger partial charge in [0.05, 0.1) is 4.90 Å². The molecule has 0 spiro atoms. The van der Waals surface area contributed by atoms with Gasteiger partial charge in [-0.25, -0.2) is 8.42 Å². The highest BCUT2D eigenvalue weighted by Crippen LogP contribution is 2.28. The highest BCUT2D eigenvalue weighted by Gasteiger charge is 2.29. The lowest BCUT2D eigenvalue weighted by Crippen LogP contribution is -2.35. The van der Waals surface area contributed by atoms with Crippen LogP contribution in [0.5, 0.6) is 0 Å². The van der Waals surface area contributed by atoms with Crippen LogP contribution >= 0.6 is 23.7 Å². The second-order valence-electron chi connectivity index (χ2n) is 5.84. The van der Waals surface area contributed by atoms with E-state index in [9.17, 15) is 13.2 Å². The van der Waals surface area contributed by atoms with E-state index in [1.165, 1.54) is 15.2 Å². The highest BCUT2D eigenvalue weighted by molar-refractivity contribution is 7.89. The van der Waals surface area contributed by atoms with Crippen molar-refractivity contribution in [2.24, 2.45) is 0 Å². The van der Waals surface area contributed by atoms with Crippen LogP contribution in [-0.2, 0) is 23.0 Å². The van der Waals surface area contributed by atoms with Crippen LogP contribution in [0.4, 0.5) is 0 Å². The summed E-state index contributed by atoms with van der Waals surface area (Å²) in [7, 11) is -1.82. The van der Waals surface area contributed by atoms with Crippen molar-refractivity contribution >= 4 is 39.7 Å². The molecule has 0 saturated carbocycles. The lowest BCUT2D eigenvalue weighted by molar-refractivity contribution is 0.0954. The number of rotatable bonds is 6. The van der Waals surface area contributed by atoms with E-state index in [-0.39, 0.29) is 23.2 Å². The Morgan fingerprint density at radius 1 is 1.27 bits per heavy atom. The Bertz CT molecular complexity index is 868. The molecule has 2 N–H and O–H groups in total. The van der Waals surface area contributed by atoms with Crippen molar-refractivity contribution in [1.29, 1.82) is 0 Å². The Morgan fingerprint density at radius 3 is 2.85 bits per heavy atom. The van der Waals surface area contributed by atoms with Gasteiger partial charge in [-0.2, -0.15) is 4.31 Å². The molecule has 0 fully saturated rings. The van der Waals surface area contributed by atoms with Gasteiger partial charge in [0.2, 0.25) is 10.0 Å². The summed E-state index contributed by atoms with van der Waals surface area (Å²) in [6.45, 7) is 1.99. The Labute approximate surface area is 164 Å². The molecule has 0 atom stereocenters. The van der Waals surface area contributed by atoms with Crippen LogP contribution < -0.4 is 10.6 Å². The topological polar surface area (TPSA) is 78.5 Å². The Hall–Kier alpha value is -1.45. The first-order chi connectivity index (χ1) is 12.0. The van der Waals surface area contributed by atoms with Gasteiger partial charge < -0.3 is 10.6 Å². The van der Waals surface area contributed by atoms with Crippen LogP contribution in [0.3, 0.4) is 0 Å². The maximum atomic E-state index is 12.9. The molecule has 26 heavy (non-hydrogen) atoms. The van der Waals surface area contributed by atoms with E-state index in [0.29, 0.717) is 31.7 Å². The van der Waals surface area contributed by atoms with E-state index in [4.69, 9.17) is 0 Å². The van der Waals surface area contributed by atoms with Crippen molar-refractivity contribution in [1.82, 2.24) is 14.9 Å². The highest BCUT2D eigenvalue weighted by atomic mass is 35.5. The second-order valence-corrected chi connectivity index (χ2v) is 8.78.